The molecule has 18 heavy (non-hydrogen) atoms. The van der Waals surface area contributed by atoms with Gasteiger partial charge in [0.25, 0.3) is 0 Å². The van der Waals surface area contributed by atoms with Crippen LogP contribution in [0.4, 0.5) is 0 Å². The highest BCUT2D eigenvalue weighted by molar-refractivity contribution is 4.88. The van der Waals surface area contributed by atoms with Gasteiger partial charge in [-0.15, -0.1) is 0 Å². The molecule has 0 aromatic rings. The van der Waals surface area contributed by atoms with Gasteiger partial charge in [0.1, 0.15) is 0 Å². The summed E-state index contributed by atoms with van der Waals surface area (Å²) in [7, 11) is 0. The highest BCUT2D eigenvalue weighted by Gasteiger charge is 2.30. The lowest BCUT2D eigenvalue weighted by Gasteiger charge is -2.43. The Morgan fingerprint density at radius 1 is 1.22 bits per heavy atom. The molecule has 1 aliphatic heterocycles. The molecule has 2 unspecified atom stereocenters. The van der Waals surface area contributed by atoms with Crippen LogP contribution in [0, 0.1) is 5.41 Å². The minimum atomic E-state index is 0.376. The van der Waals surface area contributed by atoms with E-state index in [0.29, 0.717) is 11.5 Å². The lowest BCUT2D eigenvalue weighted by Crippen LogP contribution is -2.57. The van der Waals surface area contributed by atoms with Crippen molar-refractivity contribution in [3.05, 3.63) is 0 Å². The molecule has 1 rings (SSSR count). The molecule has 2 atom stereocenters. The summed E-state index contributed by atoms with van der Waals surface area (Å²) >= 11 is 0. The first kappa shape index (κ1) is 16.0. The molecule has 2 nitrogen and oxygen atoms in total. The molecule has 0 aromatic carbocycles. The van der Waals surface area contributed by atoms with Crippen molar-refractivity contribution in [3.63, 3.8) is 0 Å². The summed E-state index contributed by atoms with van der Waals surface area (Å²) < 4.78 is 0. The minimum Gasteiger partial charge on any atom is -0.311 e. The smallest absolute Gasteiger partial charge is 0.0244 e. The van der Waals surface area contributed by atoms with Crippen LogP contribution in [-0.4, -0.2) is 36.6 Å². The summed E-state index contributed by atoms with van der Waals surface area (Å²) in [4.78, 5) is 2.69. The Balaban J connectivity index is 2.32. The number of nitrogens with one attached hydrogen (secondary N) is 1. The molecule has 0 spiro atoms. The zero-order valence-electron chi connectivity index (χ0n) is 13.3. The van der Waals surface area contributed by atoms with Gasteiger partial charge >= 0.3 is 0 Å². The average Bonchev–Trinajstić information content (AvgIpc) is 2.33. The maximum atomic E-state index is 3.68. The highest BCUT2D eigenvalue weighted by atomic mass is 15.2. The molecular weight excluding hydrogens is 220 g/mol. The average molecular weight is 254 g/mol. The normalized spacial score (nSPS) is 24.2. The van der Waals surface area contributed by atoms with E-state index in [-0.39, 0.29) is 0 Å². The zero-order valence-corrected chi connectivity index (χ0v) is 13.3. The third-order valence-electron chi connectivity index (χ3n) is 4.35. The van der Waals surface area contributed by atoms with E-state index in [9.17, 15) is 0 Å². The van der Waals surface area contributed by atoms with Crippen LogP contribution in [0.15, 0.2) is 0 Å². The summed E-state index contributed by atoms with van der Waals surface area (Å²) in [6.07, 6.45) is 6.93. The first-order valence-corrected chi connectivity index (χ1v) is 7.92. The van der Waals surface area contributed by atoms with E-state index in [2.05, 4.69) is 44.8 Å². The Labute approximate surface area is 115 Å². The van der Waals surface area contributed by atoms with Crippen molar-refractivity contribution < 1.29 is 0 Å². The van der Waals surface area contributed by atoms with Gasteiger partial charge in [0, 0.05) is 31.7 Å². The van der Waals surface area contributed by atoms with Crippen LogP contribution in [0.25, 0.3) is 0 Å². The monoisotopic (exact) mass is 254 g/mol. The standard InChI is InChI=1S/C16H34N2/c1-6-7-8-9-10-14(2)18-12-11-17-15(13-18)16(3,4)5/h14-15,17H,6-13H2,1-5H3. The van der Waals surface area contributed by atoms with Crippen LogP contribution in [0.1, 0.15) is 66.7 Å². The molecule has 2 heteroatoms. The van der Waals surface area contributed by atoms with E-state index in [0.717, 1.165) is 12.6 Å². The van der Waals surface area contributed by atoms with Gasteiger partial charge < -0.3 is 5.32 Å². The molecule has 0 aromatic heterocycles. The van der Waals surface area contributed by atoms with Gasteiger partial charge in [0.05, 0.1) is 0 Å². The van der Waals surface area contributed by atoms with Gasteiger partial charge in [0.15, 0.2) is 0 Å². The van der Waals surface area contributed by atoms with Crippen molar-refractivity contribution in [2.24, 2.45) is 5.41 Å². The second-order valence-electron chi connectivity index (χ2n) is 7.07. The Hall–Kier alpha value is -0.0800. The molecule has 108 valence electrons. The molecule has 0 amide bonds. The number of hydrogen-bond donors (Lipinski definition) is 1. The largest absolute Gasteiger partial charge is 0.311 e. The van der Waals surface area contributed by atoms with Crippen molar-refractivity contribution in [1.82, 2.24) is 10.2 Å². The first-order chi connectivity index (χ1) is 8.45. The topological polar surface area (TPSA) is 15.3 Å². The van der Waals surface area contributed by atoms with E-state index >= 15 is 0 Å². The van der Waals surface area contributed by atoms with Gasteiger partial charge in [-0.3, -0.25) is 4.90 Å². The summed E-state index contributed by atoms with van der Waals surface area (Å²) in [6.45, 7) is 15.3. The van der Waals surface area contributed by atoms with Crippen LogP contribution >= 0.6 is 0 Å². The predicted octanol–water partition coefficient (Wildman–Crippen LogP) is 3.67. The predicted molar refractivity (Wildman–Crippen MR) is 81.0 cm³/mol. The molecular formula is C16H34N2. The first-order valence-electron chi connectivity index (χ1n) is 7.92. The van der Waals surface area contributed by atoms with Crippen LogP contribution in [0.5, 0.6) is 0 Å². The molecule has 0 bridgehead atoms. The fourth-order valence-electron chi connectivity index (χ4n) is 2.80. The number of hydrogen-bond acceptors (Lipinski definition) is 2. The second kappa shape index (κ2) is 7.49. The molecule has 0 aliphatic carbocycles. The van der Waals surface area contributed by atoms with E-state index in [1.54, 1.807) is 0 Å². The van der Waals surface area contributed by atoms with Crippen LogP contribution in [0.3, 0.4) is 0 Å². The lowest BCUT2D eigenvalue weighted by molar-refractivity contribution is 0.0993. The lowest BCUT2D eigenvalue weighted by atomic mass is 9.85. The van der Waals surface area contributed by atoms with Crippen molar-refractivity contribution in [2.45, 2.75) is 78.8 Å². The van der Waals surface area contributed by atoms with Crippen LogP contribution < -0.4 is 5.32 Å². The number of piperazine rings is 1. The van der Waals surface area contributed by atoms with Crippen molar-refractivity contribution in [1.29, 1.82) is 0 Å². The fourth-order valence-corrected chi connectivity index (χ4v) is 2.80. The maximum Gasteiger partial charge on any atom is 0.0244 e. The molecule has 1 saturated heterocycles. The Morgan fingerprint density at radius 2 is 1.94 bits per heavy atom. The van der Waals surface area contributed by atoms with Gasteiger partial charge in [-0.05, 0) is 18.8 Å². The third kappa shape index (κ3) is 5.27. The van der Waals surface area contributed by atoms with Gasteiger partial charge in [-0.2, -0.15) is 0 Å². The molecule has 1 aliphatic rings. The van der Waals surface area contributed by atoms with E-state index in [1.165, 1.54) is 45.2 Å². The quantitative estimate of drug-likeness (QED) is 0.728. The summed E-state index contributed by atoms with van der Waals surface area (Å²) in [5.41, 5.74) is 0.376. The van der Waals surface area contributed by atoms with Crippen LogP contribution in [0.2, 0.25) is 0 Å². The highest BCUT2D eigenvalue weighted by Crippen LogP contribution is 2.23. The number of rotatable bonds is 6. The molecule has 1 N–H and O–H groups in total. The zero-order chi connectivity index (χ0) is 13.6. The SMILES string of the molecule is CCCCCCC(C)N1CCNC(C(C)(C)C)C1. The molecule has 1 heterocycles. The van der Waals surface area contributed by atoms with Gasteiger partial charge in [-0.1, -0.05) is 53.4 Å². The van der Waals surface area contributed by atoms with Crippen molar-refractivity contribution in [2.75, 3.05) is 19.6 Å². The number of unbranched alkanes of at least 4 members (excludes halogenated alkanes) is 3. The Bertz CT molecular complexity index is 220. The van der Waals surface area contributed by atoms with Crippen LogP contribution in [-0.2, 0) is 0 Å². The number of nitrogens with zero attached hydrogens (tertiary/aromatic N) is 1. The van der Waals surface area contributed by atoms with Gasteiger partial charge in [0.2, 0.25) is 0 Å². The minimum absolute atomic E-state index is 0.376. The molecule has 1 fully saturated rings. The van der Waals surface area contributed by atoms with E-state index in [1.807, 2.05) is 0 Å². The Morgan fingerprint density at radius 3 is 2.56 bits per heavy atom. The molecule has 0 saturated carbocycles. The fraction of sp³-hybridized carbons (Fsp3) is 1.00. The van der Waals surface area contributed by atoms with E-state index < -0.39 is 0 Å². The summed E-state index contributed by atoms with van der Waals surface area (Å²) in [6, 6.07) is 1.40. The third-order valence-corrected chi connectivity index (χ3v) is 4.35. The molecule has 0 radical (unpaired) electrons. The van der Waals surface area contributed by atoms with Crippen molar-refractivity contribution >= 4 is 0 Å². The second-order valence-corrected chi connectivity index (χ2v) is 7.07. The van der Waals surface area contributed by atoms with Gasteiger partial charge in [-0.25, -0.2) is 0 Å². The summed E-state index contributed by atoms with van der Waals surface area (Å²) in [5, 5.41) is 3.68. The Kier molecular flexibility index (Phi) is 6.65. The van der Waals surface area contributed by atoms with E-state index in [4.69, 9.17) is 0 Å². The summed E-state index contributed by atoms with van der Waals surface area (Å²) in [5.74, 6) is 0. The van der Waals surface area contributed by atoms with Crippen molar-refractivity contribution in [3.8, 4) is 0 Å². The maximum absolute atomic E-state index is 3.68.